The second-order valence-electron chi connectivity index (χ2n) is 5.97. The normalized spacial score (nSPS) is 26.4. The lowest BCUT2D eigenvalue weighted by molar-refractivity contribution is -0.117. The van der Waals surface area contributed by atoms with E-state index in [-0.39, 0.29) is 24.0 Å². The smallest absolute Gasteiger partial charge is 0.227 e. The second-order valence-corrected chi connectivity index (χ2v) is 5.97. The van der Waals surface area contributed by atoms with Crippen LogP contribution in [-0.2, 0) is 9.53 Å². The monoisotopic (exact) mass is 274 g/mol. The first-order valence-corrected chi connectivity index (χ1v) is 7.43. The van der Waals surface area contributed by atoms with Crippen LogP contribution in [0.1, 0.15) is 26.7 Å². The molecule has 0 radical (unpaired) electrons. The molecule has 0 bridgehead atoms. The molecule has 2 aliphatic rings. The Morgan fingerprint density at radius 2 is 1.75 bits per heavy atom. The summed E-state index contributed by atoms with van der Waals surface area (Å²) in [4.78, 5) is 14.0. The molecule has 1 heterocycles. The van der Waals surface area contributed by atoms with Gasteiger partial charge in [0.15, 0.2) is 0 Å². The Bertz CT molecular complexity index is 472. The van der Waals surface area contributed by atoms with Crippen molar-refractivity contribution < 1.29 is 9.53 Å². The molecule has 2 atom stereocenters. The number of amides is 1. The molecule has 0 aromatic heterocycles. The van der Waals surface area contributed by atoms with Crippen molar-refractivity contribution in [3.8, 4) is 0 Å². The lowest BCUT2D eigenvalue weighted by Crippen LogP contribution is -2.45. The van der Waals surface area contributed by atoms with Crippen LogP contribution in [0.2, 0.25) is 0 Å². The van der Waals surface area contributed by atoms with Gasteiger partial charge in [-0.2, -0.15) is 0 Å². The number of rotatable bonds is 3. The number of morpholine rings is 1. The van der Waals surface area contributed by atoms with E-state index in [9.17, 15) is 4.79 Å². The highest BCUT2D eigenvalue weighted by atomic mass is 16.5. The topological polar surface area (TPSA) is 41.6 Å². The highest BCUT2D eigenvalue weighted by Gasteiger charge is 2.29. The fourth-order valence-corrected chi connectivity index (χ4v) is 2.73. The molecule has 1 N–H and O–H groups in total. The van der Waals surface area contributed by atoms with Gasteiger partial charge in [-0.05, 0) is 51.0 Å². The van der Waals surface area contributed by atoms with E-state index in [1.165, 1.54) is 5.69 Å². The maximum atomic E-state index is 11.7. The molecular formula is C16H22N2O2. The van der Waals surface area contributed by atoms with E-state index in [0.29, 0.717) is 0 Å². The van der Waals surface area contributed by atoms with Gasteiger partial charge in [0.25, 0.3) is 0 Å². The molecule has 108 valence electrons. The number of hydrogen-bond acceptors (Lipinski definition) is 3. The lowest BCUT2D eigenvalue weighted by atomic mass is 10.2. The molecular weight excluding hydrogens is 252 g/mol. The van der Waals surface area contributed by atoms with Gasteiger partial charge in [-0.1, -0.05) is 0 Å². The Kier molecular flexibility index (Phi) is 3.66. The van der Waals surface area contributed by atoms with Crippen molar-refractivity contribution in [1.82, 2.24) is 0 Å². The van der Waals surface area contributed by atoms with Crippen LogP contribution in [0.5, 0.6) is 0 Å². The summed E-state index contributed by atoms with van der Waals surface area (Å²) in [7, 11) is 0. The predicted molar refractivity (Wildman–Crippen MR) is 80.0 cm³/mol. The van der Waals surface area contributed by atoms with Crippen LogP contribution in [0.4, 0.5) is 11.4 Å². The number of benzene rings is 1. The molecule has 1 amide bonds. The first-order chi connectivity index (χ1) is 9.61. The number of anilines is 2. The molecule has 1 saturated carbocycles. The van der Waals surface area contributed by atoms with Crippen molar-refractivity contribution in [2.45, 2.75) is 38.9 Å². The number of carbonyl (C=O) groups is 1. The molecule has 1 aromatic carbocycles. The zero-order valence-corrected chi connectivity index (χ0v) is 12.1. The van der Waals surface area contributed by atoms with E-state index < -0.39 is 0 Å². The first kappa shape index (κ1) is 13.4. The van der Waals surface area contributed by atoms with Gasteiger partial charge in [-0.15, -0.1) is 0 Å². The average Bonchev–Trinajstić information content (AvgIpc) is 3.22. The summed E-state index contributed by atoms with van der Waals surface area (Å²) in [5.41, 5.74) is 2.08. The quantitative estimate of drug-likeness (QED) is 0.921. The van der Waals surface area contributed by atoms with Crippen LogP contribution < -0.4 is 10.2 Å². The van der Waals surface area contributed by atoms with E-state index in [1.54, 1.807) is 0 Å². The van der Waals surface area contributed by atoms with Gasteiger partial charge in [0.2, 0.25) is 5.91 Å². The van der Waals surface area contributed by atoms with E-state index in [4.69, 9.17) is 4.74 Å². The van der Waals surface area contributed by atoms with Gasteiger partial charge in [0.1, 0.15) is 0 Å². The molecule has 3 rings (SSSR count). The summed E-state index contributed by atoms with van der Waals surface area (Å²) >= 11 is 0. The van der Waals surface area contributed by atoms with Gasteiger partial charge in [0.05, 0.1) is 12.2 Å². The summed E-state index contributed by atoms with van der Waals surface area (Å²) in [5.74, 6) is 0.405. The standard InChI is InChI=1S/C16H22N2O2/c1-11-9-18(10-12(2)20-11)15-7-5-14(6-8-15)17-16(19)13-3-4-13/h5-8,11-13H,3-4,9-10H2,1-2H3,(H,17,19). The molecule has 0 spiro atoms. The maximum absolute atomic E-state index is 11.7. The molecule has 1 aromatic rings. The van der Waals surface area contributed by atoms with Crippen molar-refractivity contribution in [1.29, 1.82) is 0 Å². The third-order valence-corrected chi connectivity index (χ3v) is 3.87. The zero-order chi connectivity index (χ0) is 14.1. The Labute approximate surface area is 120 Å². The van der Waals surface area contributed by atoms with Gasteiger partial charge in [-0.3, -0.25) is 4.79 Å². The molecule has 2 fully saturated rings. The Morgan fingerprint density at radius 1 is 1.15 bits per heavy atom. The Balaban J connectivity index is 1.64. The number of hydrogen-bond donors (Lipinski definition) is 1. The van der Waals surface area contributed by atoms with Crippen LogP contribution >= 0.6 is 0 Å². The molecule has 1 aliphatic carbocycles. The summed E-state index contributed by atoms with van der Waals surface area (Å²) < 4.78 is 5.75. The fraction of sp³-hybridized carbons (Fsp3) is 0.562. The minimum atomic E-state index is 0.159. The maximum Gasteiger partial charge on any atom is 0.227 e. The van der Waals surface area contributed by atoms with Gasteiger partial charge in [0, 0.05) is 30.4 Å². The third kappa shape index (κ3) is 3.12. The zero-order valence-electron chi connectivity index (χ0n) is 12.1. The van der Waals surface area contributed by atoms with E-state index >= 15 is 0 Å². The van der Waals surface area contributed by atoms with Gasteiger partial charge >= 0.3 is 0 Å². The number of nitrogens with one attached hydrogen (secondary N) is 1. The van der Waals surface area contributed by atoms with Crippen LogP contribution in [0.25, 0.3) is 0 Å². The lowest BCUT2D eigenvalue weighted by Gasteiger charge is -2.36. The van der Waals surface area contributed by atoms with Crippen molar-refractivity contribution in [2.75, 3.05) is 23.3 Å². The van der Waals surface area contributed by atoms with E-state index in [0.717, 1.165) is 31.6 Å². The molecule has 4 nitrogen and oxygen atoms in total. The molecule has 20 heavy (non-hydrogen) atoms. The summed E-state index contributed by atoms with van der Waals surface area (Å²) in [6.45, 7) is 6.04. The Hall–Kier alpha value is -1.55. The minimum Gasteiger partial charge on any atom is -0.372 e. The minimum absolute atomic E-state index is 0.159. The van der Waals surface area contributed by atoms with Gasteiger partial charge < -0.3 is 15.0 Å². The second kappa shape index (κ2) is 5.44. The molecule has 2 unspecified atom stereocenters. The third-order valence-electron chi connectivity index (χ3n) is 3.87. The Morgan fingerprint density at radius 3 is 2.30 bits per heavy atom. The number of carbonyl (C=O) groups excluding carboxylic acids is 1. The van der Waals surface area contributed by atoms with E-state index in [1.807, 2.05) is 12.1 Å². The number of nitrogens with zero attached hydrogens (tertiary/aromatic N) is 1. The van der Waals surface area contributed by atoms with Gasteiger partial charge in [-0.25, -0.2) is 0 Å². The van der Waals surface area contributed by atoms with Crippen molar-refractivity contribution >= 4 is 17.3 Å². The highest BCUT2D eigenvalue weighted by molar-refractivity contribution is 5.94. The molecule has 1 saturated heterocycles. The SMILES string of the molecule is CC1CN(c2ccc(NC(=O)C3CC3)cc2)CC(C)O1. The average molecular weight is 274 g/mol. The fourth-order valence-electron chi connectivity index (χ4n) is 2.73. The van der Waals surface area contributed by atoms with E-state index in [2.05, 4.69) is 36.2 Å². The first-order valence-electron chi connectivity index (χ1n) is 7.43. The van der Waals surface area contributed by atoms with Crippen molar-refractivity contribution in [2.24, 2.45) is 5.92 Å². The van der Waals surface area contributed by atoms with Crippen LogP contribution in [0.15, 0.2) is 24.3 Å². The molecule has 4 heteroatoms. The van der Waals surface area contributed by atoms with Crippen molar-refractivity contribution in [3.05, 3.63) is 24.3 Å². The summed E-state index contributed by atoms with van der Waals surface area (Å²) in [6.07, 6.45) is 2.59. The summed E-state index contributed by atoms with van der Waals surface area (Å²) in [6, 6.07) is 8.13. The van der Waals surface area contributed by atoms with Crippen LogP contribution in [0, 0.1) is 5.92 Å². The highest BCUT2D eigenvalue weighted by Crippen LogP contribution is 2.30. The van der Waals surface area contributed by atoms with Crippen LogP contribution in [0.3, 0.4) is 0 Å². The largest absolute Gasteiger partial charge is 0.372 e. The predicted octanol–water partition coefficient (Wildman–Crippen LogP) is 2.65. The van der Waals surface area contributed by atoms with Crippen LogP contribution in [-0.4, -0.2) is 31.2 Å². The summed E-state index contributed by atoms with van der Waals surface area (Å²) in [5, 5.41) is 2.97. The van der Waals surface area contributed by atoms with Crippen molar-refractivity contribution in [3.63, 3.8) is 0 Å². The number of ether oxygens (including phenoxy) is 1. The molecule has 1 aliphatic heterocycles.